The maximum Gasteiger partial charge on any atom is 0.309 e. The lowest BCUT2D eigenvalue weighted by Crippen LogP contribution is -2.62. The summed E-state index contributed by atoms with van der Waals surface area (Å²) in [5, 5.41) is 42.3. The molecule has 198 valence electrons. The van der Waals surface area contributed by atoms with Gasteiger partial charge >= 0.3 is 5.97 Å². The van der Waals surface area contributed by atoms with Gasteiger partial charge in [0.2, 0.25) is 0 Å². The standard InChI is InChI=1S/C31H44O5/c1-17-24-19(18(2)32)14-22-29(5,20(24)15-21(33)25(17)34)11-13-31(7)23-16-28(4,26(35)36)9-8-27(23,3)10-12-30(22,31)6/h14-15,18-19,23,32-34H,8-13,16H2,1-7H3,(H,35,36)/t18?,19-,23-,27-,28-,29+,30-,31+/m1/s1. The summed E-state index contributed by atoms with van der Waals surface area (Å²) in [6, 6.07) is 1.74. The first-order valence-electron chi connectivity index (χ1n) is 13.7. The molecule has 0 heterocycles. The van der Waals surface area contributed by atoms with Crippen LogP contribution >= 0.6 is 0 Å². The van der Waals surface area contributed by atoms with Crippen LogP contribution in [0.4, 0.5) is 0 Å². The molecule has 8 atom stereocenters. The molecule has 1 aromatic carbocycles. The molecule has 4 aliphatic rings. The fourth-order valence-corrected chi connectivity index (χ4v) is 9.36. The Morgan fingerprint density at radius 1 is 1.00 bits per heavy atom. The molecule has 0 radical (unpaired) electrons. The van der Waals surface area contributed by atoms with Crippen LogP contribution in [-0.4, -0.2) is 32.5 Å². The summed E-state index contributed by atoms with van der Waals surface area (Å²) in [6.45, 7) is 15.0. The summed E-state index contributed by atoms with van der Waals surface area (Å²) < 4.78 is 0. The maximum atomic E-state index is 12.3. The molecule has 0 aliphatic heterocycles. The van der Waals surface area contributed by atoms with Crippen molar-refractivity contribution >= 4 is 5.97 Å². The van der Waals surface area contributed by atoms with E-state index >= 15 is 0 Å². The molecular weight excluding hydrogens is 452 g/mol. The van der Waals surface area contributed by atoms with Crippen LogP contribution in [0.1, 0.15) is 109 Å². The molecule has 0 bridgehead atoms. The number of aliphatic hydroxyl groups is 1. The Labute approximate surface area is 215 Å². The molecule has 5 heteroatoms. The molecule has 1 unspecified atom stereocenters. The van der Waals surface area contributed by atoms with Crippen LogP contribution in [-0.2, 0) is 10.2 Å². The lowest BCUT2D eigenvalue weighted by atomic mass is 9.34. The van der Waals surface area contributed by atoms with Gasteiger partial charge in [-0.05, 0) is 111 Å². The first kappa shape index (κ1) is 25.6. The number of hydrogen-bond acceptors (Lipinski definition) is 4. The van der Waals surface area contributed by atoms with Crippen LogP contribution < -0.4 is 0 Å². The minimum absolute atomic E-state index is 0.0722. The summed E-state index contributed by atoms with van der Waals surface area (Å²) in [5.41, 5.74) is 2.83. The van der Waals surface area contributed by atoms with Crippen molar-refractivity contribution in [2.24, 2.45) is 27.6 Å². The quantitative estimate of drug-likeness (QED) is 0.274. The Morgan fingerprint density at radius 2 is 1.64 bits per heavy atom. The largest absolute Gasteiger partial charge is 0.504 e. The van der Waals surface area contributed by atoms with Gasteiger partial charge in [0.15, 0.2) is 11.5 Å². The molecule has 4 N–H and O–H groups in total. The molecule has 5 nitrogen and oxygen atoms in total. The van der Waals surface area contributed by atoms with E-state index in [0.29, 0.717) is 17.9 Å². The first-order chi connectivity index (χ1) is 16.5. The highest BCUT2D eigenvalue weighted by Crippen LogP contribution is 2.75. The monoisotopic (exact) mass is 496 g/mol. The lowest BCUT2D eigenvalue weighted by molar-refractivity contribution is -0.177. The van der Waals surface area contributed by atoms with Crippen LogP contribution in [0, 0.1) is 34.5 Å². The van der Waals surface area contributed by atoms with Crippen LogP contribution in [0.3, 0.4) is 0 Å². The minimum Gasteiger partial charge on any atom is -0.504 e. The second-order valence-corrected chi connectivity index (χ2v) is 14.0. The molecule has 5 rings (SSSR count). The van der Waals surface area contributed by atoms with E-state index in [4.69, 9.17) is 0 Å². The van der Waals surface area contributed by atoms with E-state index in [-0.39, 0.29) is 39.1 Å². The number of phenols is 2. The van der Waals surface area contributed by atoms with Crippen LogP contribution in [0.2, 0.25) is 0 Å². The number of carboxylic acids is 1. The van der Waals surface area contributed by atoms with Crippen molar-refractivity contribution in [3.05, 3.63) is 34.4 Å². The number of benzene rings is 1. The number of carbonyl (C=O) groups is 1. The second-order valence-electron chi connectivity index (χ2n) is 14.0. The molecule has 1 aromatic rings. The highest BCUT2D eigenvalue weighted by atomic mass is 16.4. The van der Waals surface area contributed by atoms with Crippen molar-refractivity contribution in [1.29, 1.82) is 0 Å². The third-order valence-corrected chi connectivity index (χ3v) is 12.2. The number of phenolic OH excluding ortho intramolecular Hbond substituents is 2. The second kappa shape index (κ2) is 7.52. The zero-order valence-corrected chi connectivity index (χ0v) is 23.0. The molecule has 36 heavy (non-hydrogen) atoms. The normalized spacial score (nSPS) is 44.4. The number of aliphatic carboxylic acids is 1. The van der Waals surface area contributed by atoms with Crippen LogP contribution in [0.5, 0.6) is 11.5 Å². The smallest absolute Gasteiger partial charge is 0.309 e. The summed E-state index contributed by atoms with van der Waals surface area (Å²) in [6.07, 6.45) is 8.02. The van der Waals surface area contributed by atoms with Crippen LogP contribution in [0.25, 0.3) is 0 Å². The Balaban J connectivity index is 1.70. The molecular formula is C31H44O5. The Morgan fingerprint density at radius 3 is 2.25 bits per heavy atom. The predicted octanol–water partition coefficient (Wildman–Crippen LogP) is 6.57. The highest BCUT2D eigenvalue weighted by molar-refractivity contribution is 5.74. The van der Waals surface area contributed by atoms with Gasteiger partial charge in [-0.3, -0.25) is 4.79 Å². The summed E-state index contributed by atoms with van der Waals surface area (Å²) >= 11 is 0. The zero-order chi connectivity index (χ0) is 26.6. The van der Waals surface area contributed by atoms with Crippen LogP contribution in [0.15, 0.2) is 17.7 Å². The van der Waals surface area contributed by atoms with Crippen molar-refractivity contribution in [3.8, 4) is 11.5 Å². The lowest BCUT2D eigenvalue weighted by Gasteiger charge is -2.70. The number of aliphatic hydroxyl groups excluding tert-OH is 1. The van der Waals surface area contributed by atoms with Gasteiger partial charge in [0.25, 0.3) is 0 Å². The van der Waals surface area contributed by atoms with E-state index < -0.39 is 17.5 Å². The molecule has 0 amide bonds. The van der Waals surface area contributed by atoms with E-state index in [1.54, 1.807) is 13.0 Å². The van der Waals surface area contributed by atoms with E-state index in [1.165, 1.54) is 5.57 Å². The maximum absolute atomic E-state index is 12.3. The van der Waals surface area contributed by atoms with Gasteiger partial charge in [0.05, 0.1) is 11.5 Å². The van der Waals surface area contributed by atoms with Crippen molar-refractivity contribution in [1.82, 2.24) is 0 Å². The molecule has 0 saturated heterocycles. The average molecular weight is 497 g/mol. The molecule has 0 spiro atoms. The number of rotatable bonds is 2. The van der Waals surface area contributed by atoms with Gasteiger partial charge in [0.1, 0.15) is 0 Å². The van der Waals surface area contributed by atoms with Gasteiger partial charge in [-0.1, -0.05) is 39.3 Å². The van der Waals surface area contributed by atoms with Crippen molar-refractivity contribution < 1.29 is 25.2 Å². The predicted molar refractivity (Wildman–Crippen MR) is 140 cm³/mol. The van der Waals surface area contributed by atoms with Gasteiger partial charge in [-0.25, -0.2) is 0 Å². The molecule has 3 fully saturated rings. The Hall–Kier alpha value is -2.01. The molecule has 4 aliphatic carbocycles. The Bertz CT molecular complexity index is 1170. The third-order valence-electron chi connectivity index (χ3n) is 12.2. The fraction of sp³-hybridized carbons (Fsp3) is 0.710. The summed E-state index contributed by atoms with van der Waals surface area (Å²) in [5.74, 6) is -0.845. The minimum atomic E-state index is -0.692. The first-order valence-corrected chi connectivity index (χ1v) is 13.7. The van der Waals surface area contributed by atoms with Crippen molar-refractivity contribution in [2.45, 2.75) is 111 Å². The van der Waals surface area contributed by atoms with E-state index in [9.17, 15) is 25.2 Å². The fourth-order valence-electron chi connectivity index (χ4n) is 9.36. The zero-order valence-electron chi connectivity index (χ0n) is 23.0. The van der Waals surface area contributed by atoms with Gasteiger partial charge in [0, 0.05) is 11.3 Å². The van der Waals surface area contributed by atoms with E-state index in [0.717, 1.165) is 49.7 Å². The number of fused-ring (bicyclic) bond motifs is 7. The van der Waals surface area contributed by atoms with Crippen molar-refractivity contribution in [2.75, 3.05) is 0 Å². The third kappa shape index (κ3) is 3.01. The molecule has 3 saturated carbocycles. The molecule has 0 aromatic heterocycles. The number of allylic oxidation sites excluding steroid dienone is 1. The number of aromatic hydroxyl groups is 2. The SMILES string of the molecule is Cc1c(O)c(O)cc2c1[C@@H](C(C)O)C=C1[C@@]2(C)CC[C@@]2(C)[C@@H]3C[C@](C)(C(=O)O)CC[C@]3(C)CC[C@]12C. The highest BCUT2D eigenvalue weighted by Gasteiger charge is 2.67. The topological polar surface area (TPSA) is 98.0 Å². The average Bonchev–Trinajstić information content (AvgIpc) is 2.80. The summed E-state index contributed by atoms with van der Waals surface area (Å²) in [4.78, 5) is 12.3. The Kier molecular flexibility index (Phi) is 5.36. The van der Waals surface area contributed by atoms with Gasteiger partial charge < -0.3 is 20.4 Å². The van der Waals surface area contributed by atoms with E-state index in [1.807, 2.05) is 13.8 Å². The number of carboxylic acid groups (broad SMARTS) is 1. The summed E-state index contributed by atoms with van der Waals surface area (Å²) in [7, 11) is 0. The number of hydrogen-bond donors (Lipinski definition) is 4. The van der Waals surface area contributed by atoms with Gasteiger partial charge in [-0.2, -0.15) is 0 Å². The van der Waals surface area contributed by atoms with Crippen molar-refractivity contribution in [3.63, 3.8) is 0 Å². The van der Waals surface area contributed by atoms with Gasteiger partial charge in [-0.15, -0.1) is 0 Å². The van der Waals surface area contributed by atoms with E-state index in [2.05, 4.69) is 33.8 Å².